The molecule has 3 heteroatoms. The highest BCUT2D eigenvalue weighted by molar-refractivity contribution is 5.73. The number of nitrogens with zero attached hydrogens (tertiary/aromatic N) is 3. The first-order valence-electron chi connectivity index (χ1n) is 5.90. The van der Waals surface area contributed by atoms with E-state index in [-0.39, 0.29) is 0 Å². The maximum Gasteiger partial charge on any atom is 0.118 e. The van der Waals surface area contributed by atoms with E-state index in [0.717, 1.165) is 24.2 Å². The molecule has 0 spiro atoms. The van der Waals surface area contributed by atoms with Gasteiger partial charge in [0.05, 0.1) is 5.69 Å². The van der Waals surface area contributed by atoms with Crippen LogP contribution in [0, 0.1) is 0 Å². The summed E-state index contributed by atoms with van der Waals surface area (Å²) in [5, 5.41) is 4.61. The molecule has 86 valence electrons. The molecule has 0 aliphatic heterocycles. The lowest BCUT2D eigenvalue weighted by Crippen LogP contribution is -2.02. The molecule has 3 nitrogen and oxygen atoms in total. The monoisotopic (exact) mass is 225 g/mol. The molecule has 0 saturated heterocycles. The van der Waals surface area contributed by atoms with Crippen molar-refractivity contribution in [2.24, 2.45) is 7.05 Å². The van der Waals surface area contributed by atoms with Gasteiger partial charge in [-0.3, -0.25) is 9.67 Å². The van der Waals surface area contributed by atoms with Gasteiger partial charge in [0.15, 0.2) is 0 Å². The second-order valence-corrected chi connectivity index (χ2v) is 4.54. The van der Waals surface area contributed by atoms with Gasteiger partial charge in [0, 0.05) is 24.5 Å². The van der Waals surface area contributed by atoms with Crippen LogP contribution in [-0.4, -0.2) is 14.8 Å². The van der Waals surface area contributed by atoms with Crippen molar-refractivity contribution in [3.63, 3.8) is 0 Å². The minimum Gasteiger partial charge on any atom is -0.271 e. The fourth-order valence-electron chi connectivity index (χ4n) is 2.35. The van der Waals surface area contributed by atoms with Gasteiger partial charge >= 0.3 is 0 Å². The molecule has 0 N–H and O–H groups in total. The zero-order valence-electron chi connectivity index (χ0n) is 10.1. The number of hydrogen-bond donors (Lipinski definition) is 0. The van der Waals surface area contributed by atoms with Crippen LogP contribution in [-0.2, 0) is 13.5 Å². The summed E-state index contributed by atoms with van der Waals surface area (Å²) < 4.78 is 1.99. The van der Waals surface area contributed by atoms with Crippen LogP contribution < -0.4 is 0 Å². The average Bonchev–Trinajstić information content (AvgIpc) is 2.67. The van der Waals surface area contributed by atoms with Crippen LogP contribution in [0.25, 0.3) is 17.5 Å². The summed E-state index contributed by atoms with van der Waals surface area (Å²) in [6, 6.07) is 5.95. The van der Waals surface area contributed by atoms with Crippen LogP contribution in [0.15, 0.2) is 30.0 Å². The summed E-state index contributed by atoms with van der Waals surface area (Å²) in [6.07, 6.45) is 6.27. The van der Waals surface area contributed by atoms with Gasteiger partial charge in [0.1, 0.15) is 5.69 Å². The summed E-state index contributed by atoms with van der Waals surface area (Å²) in [4.78, 5) is 4.39. The molecule has 0 fully saturated rings. The Balaban J connectivity index is 2.21. The SMILES string of the molecule is CC1=Cc2c(-c3ccccn3)nn(C)c2CC1. The van der Waals surface area contributed by atoms with E-state index in [1.165, 1.54) is 16.8 Å². The number of aryl methyl sites for hydroxylation is 1. The lowest BCUT2D eigenvalue weighted by molar-refractivity contribution is 0.700. The molecule has 0 bridgehead atoms. The van der Waals surface area contributed by atoms with Gasteiger partial charge in [-0.15, -0.1) is 0 Å². The number of fused-ring (bicyclic) bond motifs is 1. The number of pyridine rings is 1. The Morgan fingerprint density at radius 3 is 2.88 bits per heavy atom. The van der Waals surface area contributed by atoms with Crippen molar-refractivity contribution in [1.29, 1.82) is 0 Å². The standard InChI is InChI=1S/C14H15N3/c1-10-6-7-13-11(9-10)14(16-17(13)2)12-5-3-4-8-15-12/h3-5,8-9H,6-7H2,1-2H3. The summed E-state index contributed by atoms with van der Waals surface area (Å²) in [5.74, 6) is 0. The van der Waals surface area contributed by atoms with Crippen LogP contribution in [0.5, 0.6) is 0 Å². The molecule has 2 aromatic heterocycles. The average molecular weight is 225 g/mol. The van der Waals surface area contributed by atoms with Gasteiger partial charge in [0.25, 0.3) is 0 Å². The third kappa shape index (κ3) is 1.68. The Morgan fingerprint density at radius 1 is 1.24 bits per heavy atom. The topological polar surface area (TPSA) is 30.7 Å². The zero-order chi connectivity index (χ0) is 11.8. The van der Waals surface area contributed by atoms with Crippen molar-refractivity contribution in [3.8, 4) is 11.4 Å². The lowest BCUT2D eigenvalue weighted by atomic mass is 9.96. The Labute approximate surface area is 101 Å². The van der Waals surface area contributed by atoms with Gasteiger partial charge in [-0.25, -0.2) is 0 Å². The highest BCUT2D eigenvalue weighted by atomic mass is 15.3. The molecule has 17 heavy (non-hydrogen) atoms. The molecule has 0 aromatic carbocycles. The predicted molar refractivity (Wildman–Crippen MR) is 68.4 cm³/mol. The largest absolute Gasteiger partial charge is 0.271 e. The van der Waals surface area contributed by atoms with E-state index in [2.05, 4.69) is 23.1 Å². The van der Waals surface area contributed by atoms with Crippen LogP contribution >= 0.6 is 0 Å². The molecule has 3 rings (SSSR count). The molecular weight excluding hydrogens is 210 g/mol. The first-order valence-corrected chi connectivity index (χ1v) is 5.90. The number of aromatic nitrogens is 3. The Kier molecular flexibility index (Phi) is 2.32. The quantitative estimate of drug-likeness (QED) is 0.747. The summed E-state index contributed by atoms with van der Waals surface area (Å²) in [7, 11) is 2.01. The zero-order valence-corrected chi connectivity index (χ0v) is 10.1. The minimum absolute atomic E-state index is 0.954. The fourth-order valence-corrected chi connectivity index (χ4v) is 2.35. The van der Waals surface area contributed by atoms with Gasteiger partial charge in [-0.1, -0.05) is 17.7 Å². The van der Waals surface area contributed by atoms with E-state index >= 15 is 0 Å². The van der Waals surface area contributed by atoms with Gasteiger partial charge in [0.2, 0.25) is 0 Å². The maximum absolute atomic E-state index is 4.61. The van der Waals surface area contributed by atoms with Crippen molar-refractivity contribution < 1.29 is 0 Å². The predicted octanol–water partition coefficient (Wildman–Crippen LogP) is 2.83. The smallest absolute Gasteiger partial charge is 0.118 e. The third-order valence-corrected chi connectivity index (χ3v) is 3.26. The Bertz CT molecular complexity index is 579. The highest BCUT2D eigenvalue weighted by Gasteiger charge is 2.19. The van der Waals surface area contributed by atoms with Gasteiger partial charge < -0.3 is 0 Å². The molecule has 0 atom stereocenters. The van der Waals surface area contributed by atoms with Crippen LogP contribution in [0.1, 0.15) is 24.6 Å². The van der Waals surface area contributed by atoms with E-state index in [0.29, 0.717) is 0 Å². The number of allylic oxidation sites excluding steroid dienone is 1. The fraction of sp³-hybridized carbons (Fsp3) is 0.286. The van der Waals surface area contributed by atoms with E-state index in [9.17, 15) is 0 Å². The maximum atomic E-state index is 4.61. The highest BCUT2D eigenvalue weighted by Crippen LogP contribution is 2.30. The number of hydrogen-bond acceptors (Lipinski definition) is 2. The van der Waals surface area contributed by atoms with E-state index in [1.54, 1.807) is 0 Å². The van der Waals surface area contributed by atoms with E-state index < -0.39 is 0 Å². The Morgan fingerprint density at radius 2 is 2.12 bits per heavy atom. The minimum atomic E-state index is 0.954. The molecule has 1 aliphatic rings. The lowest BCUT2D eigenvalue weighted by Gasteiger charge is -2.11. The molecule has 1 aliphatic carbocycles. The third-order valence-electron chi connectivity index (χ3n) is 3.26. The summed E-state index contributed by atoms with van der Waals surface area (Å²) in [5.41, 5.74) is 5.94. The van der Waals surface area contributed by atoms with E-state index in [4.69, 9.17) is 0 Å². The molecule has 2 heterocycles. The summed E-state index contributed by atoms with van der Waals surface area (Å²) >= 11 is 0. The second-order valence-electron chi connectivity index (χ2n) is 4.54. The van der Waals surface area contributed by atoms with Crippen LogP contribution in [0.2, 0.25) is 0 Å². The molecule has 0 saturated carbocycles. The van der Waals surface area contributed by atoms with Crippen molar-refractivity contribution in [1.82, 2.24) is 14.8 Å². The first-order chi connectivity index (χ1) is 8.25. The van der Waals surface area contributed by atoms with Crippen molar-refractivity contribution >= 4 is 6.08 Å². The second kappa shape index (κ2) is 3.84. The van der Waals surface area contributed by atoms with Crippen molar-refractivity contribution in [2.45, 2.75) is 19.8 Å². The molecular formula is C14H15N3. The Hall–Kier alpha value is -1.90. The van der Waals surface area contributed by atoms with Crippen LogP contribution in [0.3, 0.4) is 0 Å². The summed E-state index contributed by atoms with van der Waals surface area (Å²) in [6.45, 7) is 2.18. The van der Waals surface area contributed by atoms with Gasteiger partial charge in [-0.05, 0) is 31.9 Å². The molecule has 0 radical (unpaired) electrons. The molecule has 0 amide bonds. The normalized spacial score (nSPS) is 14.4. The molecule has 0 unspecified atom stereocenters. The number of rotatable bonds is 1. The van der Waals surface area contributed by atoms with E-state index in [1.807, 2.05) is 36.1 Å². The van der Waals surface area contributed by atoms with Crippen molar-refractivity contribution in [3.05, 3.63) is 41.2 Å². The van der Waals surface area contributed by atoms with Gasteiger partial charge in [-0.2, -0.15) is 5.10 Å². The molecule has 2 aromatic rings. The first kappa shape index (κ1) is 10.3. The van der Waals surface area contributed by atoms with Crippen molar-refractivity contribution in [2.75, 3.05) is 0 Å². The van der Waals surface area contributed by atoms with Crippen LogP contribution in [0.4, 0.5) is 0 Å².